The first-order valence-electron chi connectivity index (χ1n) is 8.72. The van der Waals surface area contributed by atoms with E-state index in [0.717, 1.165) is 56.0 Å². The number of hydrogen-bond donors (Lipinski definition) is 2. The molecule has 4 heteroatoms. The highest BCUT2D eigenvalue weighted by atomic mass is 19.1. The lowest BCUT2D eigenvalue weighted by Gasteiger charge is -2.21. The van der Waals surface area contributed by atoms with Crippen LogP contribution in [0.25, 0.3) is 0 Å². The number of ether oxygens (including phenoxy) is 1. The Bertz CT molecular complexity index is 657. The van der Waals surface area contributed by atoms with Gasteiger partial charge in [0.25, 0.3) is 0 Å². The Morgan fingerprint density at radius 2 is 1.96 bits per heavy atom. The molecule has 0 radical (unpaired) electrons. The van der Waals surface area contributed by atoms with Gasteiger partial charge in [-0.25, -0.2) is 4.39 Å². The summed E-state index contributed by atoms with van der Waals surface area (Å²) in [5, 5.41) is 7.00. The van der Waals surface area contributed by atoms with Crippen molar-refractivity contribution >= 4 is 5.69 Å². The van der Waals surface area contributed by atoms with Gasteiger partial charge in [0, 0.05) is 12.6 Å². The lowest BCUT2D eigenvalue weighted by atomic mass is 10.0. The Kier molecular flexibility index (Phi) is 5.70. The highest BCUT2D eigenvalue weighted by Crippen LogP contribution is 2.28. The second-order valence-corrected chi connectivity index (χ2v) is 6.25. The Morgan fingerprint density at radius 1 is 1.17 bits per heavy atom. The van der Waals surface area contributed by atoms with Crippen LogP contribution in [0.2, 0.25) is 0 Å². The highest BCUT2D eigenvalue weighted by Gasteiger charge is 2.12. The fourth-order valence-electron chi connectivity index (χ4n) is 3.03. The molecule has 2 aromatic rings. The predicted molar refractivity (Wildman–Crippen MR) is 96.3 cm³/mol. The van der Waals surface area contributed by atoms with Crippen molar-refractivity contribution in [3.05, 3.63) is 59.4 Å². The van der Waals surface area contributed by atoms with Crippen LogP contribution in [0.5, 0.6) is 5.75 Å². The quantitative estimate of drug-likeness (QED) is 0.811. The van der Waals surface area contributed by atoms with Gasteiger partial charge in [0.2, 0.25) is 0 Å². The number of nitrogens with one attached hydrogen (secondary N) is 2. The zero-order valence-corrected chi connectivity index (χ0v) is 14.1. The fourth-order valence-corrected chi connectivity index (χ4v) is 3.03. The van der Waals surface area contributed by atoms with Crippen LogP contribution < -0.4 is 15.4 Å². The van der Waals surface area contributed by atoms with Crippen LogP contribution in [-0.2, 0) is 12.8 Å². The van der Waals surface area contributed by atoms with E-state index in [0.29, 0.717) is 6.04 Å². The van der Waals surface area contributed by atoms with Crippen LogP contribution in [0.3, 0.4) is 0 Å². The molecule has 0 saturated heterocycles. The molecule has 1 atom stereocenters. The Morgan fingerprint density at radius 3 is 2.75 bits per heavy atom. The maximum atomic E-state index is 12.9. The van der Waals surface area contributed by atoms with Gasteiger partial charge >= 0.3 is 0 Å². The van der Waals surface area contributed by atoms with Crippen molar-refractivity contribution in [2.24, 2.45) is 0 Å². The van der Waals surface area contributed by atoms with E-state index in [-0.39, 0.29) is 5.82 Å². The number of rotatable bonds is 7. The summed E-state index contributed by atoms with van der Waals surface area (Å²) in [4.78, 5) is 0. The molecule has 24 heavy (non-hydrogen) atoms. The van der Waals surface area contributed by atoms with Gasteiger partial charge in [-0.15, -0.1) is 0 Å². The fraction of sp³-hybridized carbons (Fsp3) is 0.400. The molecule has 1 aliphatic rings. The standard InChI is InChI=1S/C20H25FN2O/c1-2-18(22-10-9-15-3-6-17(21)7-4-15)13-16-5-8-20-19(14-16)23-11-12-24-20/h3-8,14,18,22-23H,2,9-13H2,1H3. The maximum Gasteiger partial charge on any atom is 0.142 e. The van der Waals surface area contributed by atoms with Crippen molar-refractivity contribution in [2.75, 3.05) is 25.0 Å². The van der Waals surface area contributed by atoms with Gasteiger partial charge in [-0.3, -0.25) is 0 Å². The van der Waals surface area contributed by atoms with Crippen molar-refractivity contribution < 1.29 is 9.13 Å². The molecule has 1 heterocycles. The molecular weight excluding hydrogens is 303 g/mol. The smallest absolute Gasteiger partial charge is 0.142 e. The molecular formula is C20H25FN2O. The van der Waals surface area contributed by atoms with Gasteiger partial charge in [0.05, 0.1) is 5.69 Å². The molecule has 2 N–H and O–H groups in total. The van der Waals surface area contributed by atoms with Crippen molar-refractivity contribution in [1.29, 1.82) is 0 Å². The molecule has 0 spiro atoms. The SMILES string of the molecule is CCC(Cc1ccc2c(c1)NCCO2)NCCc1ccc(F)cc1. The highest BCUT2D eigenvalue weighted by molar-refractivity contribution is 5.59. The van der Waals surface area contributed by atoms with Gasteiger partial charge in [0.15, 0.2) is 0 Å². The lowest BCUT2D eigenvalue weighted by Crippen LogP contribution is -2.32. The maximum absolute atomic E-state index is 12.9. The molecule has 3 rings (SSSR count). The molecule has 1 unspecified atom stereocenters. The first-order chi connectivity index (χ1) is 11.7. The van der Waals surface area contributed by atoms with Crippen LogP contribution in [0.1, 0.15) is 24.5 Å². The molecule has 2 aromatic carbocycles. The van der Waals surface area contributed by atoms with Gasteiger partial charge < -0.3 is 15.4 Å². The molecule has 0 fully saturated rings. The summed E-state index contributed by atoms with van der Waals surface area (Å²) in [5.74, 6) is 0.769. The Hall–Kier alpha value is -2.07. The number of benzene rings is 2. The van der Waals surface area contributed by atoms with Crippen molar-refractivity contribution in [2.45, 2.75) is 32.2 Å². The summed E-state index contributed by atoms with van der Waals surface area (Å²) in [7, 11) is 0. The molecule has 3 nitrogen and oxygen atoms in total. The first-order valence-corrected chi connectivity index (χ1v) is 8.72. The van der Waals surface area contributed by atoms with E-state index in [1.807, 2.05) is 12.1 Å². The largest absolute Gasteiger partial charge is 0.490 e. The lowest BCUT2D eigenvalue weighted by molar-refractivity contribution is 0.323. The summed E-state index contributed by atoms with van der Waals surface area (Å²) in [6.45, 7) is 4.70. The summed E-state index contributed by atoms with van der Waals surface area (Å²) in [5.41, 5.74) is 3.57. The van der Waals surface area contributed by atoms with E-state index < -0.39 is 0 Å². The summed E-state index contributed by atoms with van der Waals surface area (Å²) < 4.78 is 18.6. The van der Waals surface area contributed by atoms with Crippen molar-refractivity contribution in [3.8, 4) is 5.75 Å². The van der Waals surface area contributed by atoms with E-state index in [9.17, 15) is 4.39 Å². The van der Waals surface area contributed by atoms with E-state index in [2.05, 4.69) is 35.8 Å². The minimum atomic E-state index is -0.178. The van der Waals surface area contributed by atoms with E-state index in [1.54, 1.807) is 0 Å². The van der Waals surface area contributed by atoms with Crippen LogP contribution >= 0.6 is 0 Å². The van der Waals surface area contributed by atoms with Crippen LogP contribution in [-0.4, -0.2) is 25.7 Å². The molecule has 0 aromatic heterocycles. The van der Waals surface area contributed by atoms with Gasteiger partial charge in [-0.2, -0.15) is 0 Å². The van der Waals surface area contributed by atoms with E-state index >= 15 is 0 Å². The number of fused-ring (bicyclic) bond motifs is 1. The summed E-state index contributed by atoms with van der Waals surface area (Å²) >= 11 is 0. The second kappa shape index (κ2) is 8.15. The van der Waals surface area contributed by atoms with E-state index in [1.165, 1.54) is 17.7 Å². The predicted octanol–water partition coefficient (Wildman–Crippen LogP) is 3.78. The van der Waals surface area contributed by atoms with Crippen LogP contribution in [0.15, 0.2) is 42.5 Å². The summed E-state index contributed by atoms with van der Waals surface area (Å²) in [6, 6.07) is 13.6. The third kappa shape index (κ3) is 4.48. The second-order valence-electron chi connectivity index (χ2n) is 6.25. The Labute approximate surface area is 143 Å². The molecule has 128 valence electrons. The minimum Gasteiger partial charge on any atom is -0.490 e. The zero-order chi connectivity index (χ0) is 16.8. The van der Waals surface area contributed by atoms with E-state index in [4.69, 9.17) is 4.74 Å². The number of anilines is 1. The van der Waals surface area contributed by atoms with Crippen molar-refractivity contribution in [1.82, 2.24) is 5.32 Å². The molecule has 0 aliphatic carbocycles. The Balaban J connectivity index is 1.51. The third-order valence-corrected chi connectivity index (χ3v) is 4.45. The monoisotopic (exact) mass is 328 g/mol. The van der Waals surface area contributed by atoms with Crippen LogP contribution in [0, 0.1) is 5.82 Å². The van der Waals surface area contributed by atoms with Gasteiger partial charge in [-0.1, -0.05) is 25.1 Å². The van der Waals surface area contributed by atoms with Gasteiger partial charge in [0.1, 0.15) is 18.2 Å². The zero-order valence-electron chi connectivity index (χ0n) is 14.1. The van der Waals surface area contributed by atoms with Crippen LogP contribution in [0.4, 0.5) is 10.1 Å². The molecule has 0 bridgehead atoms. The normalized spacial score (nSPS) is 14.4. The average Bonchev–Trinajstić information content (AvgIpc) is 2.62. The molecule has 0 saturated carbocycles. The number of hydrogen-bond acceptors (Lipinski definition) is 3. The summed E-state index contributed by atoms with van der Waals surface area (Å²) in [6.07, 6.45) is 2.98. The molecule has 1 aliphatic heterocycles. The van der Waals surface area contributed by atoms with Gasteiger partial charge in [-0.05, 0) is 61.2 Å². The van der Waals surface area contributed by atoms with Crippen molar-refractivity contribution in [3.63, 3.8) is 0 Å². The first kappa shape index (κ1) is 16.8. The third-order valence-electron chi connectivity index (χ3n) is 4.45. The minimum absolute atomic E-state index is 0.178. The molecule has 0 amide bonds. The average molecular weight is 328 g/mol. The topological polar surface area (TPSA) is 33.3 Å². The number of halogens is 1.